The van der Waals surface area contributed by atoms with Crippen LogP contribution in [-0.2, 0) is 0 Å². The molecule has 13 heavy (non-hydrogen) atoms. The van der Waals surface area contributed by atoms with E-state index in [0.717, 1.165) is 6.42 Å². The Balaban J connectivity index is 3.81. The van der Waals surface area contributed by atoms with Crippen LogP contribution in [0, 0.1) is 23.7 Å². The molecule has 0 radical (unpaired) electrons. The highest BCUT2D eigenvalue weighted by molar-refractivity contribution is 5.34. The summed E-state index contributed by atoms with van der Waals surface area (Å²) in [5, 5.41) is 0. The molecule has 0 aliphatic rings. The molecule has 0 saturated heterocycles. The molecule has 0 fully saturated rings. The average molecular weight is 170 g/mol. The third-order valence-electron chi connectivity index (χ3n) is 1.12. The highest BCUT2D eigenvalue weighted by Crippen LogP contribution is 1.80. The van der Waals surface area contributed by atoms with Crippen molar-refractivity contribution in [3.05, 3.63) is 36.5 Å². The van der Waals surface area contributed by atoms with Gasteiger partial charge in [-0.3, -0.25) is 0 Å². The van der Waals surface area contributed by atoms with Gasteiger partial charge >= 0.3 is 0 Å². The fraction of sp³-hybridized carbons (Fsp3) is 0.231. The van der Waals surface area contributed by atoms with Gasteiger partial charge in [0.2, 0.25) is 0 Å². The maximum atomic E-state index is 2.81. The summed E-state index contributed by atoms with van der Waals surface area (Å²) in [6.07, 6.45) is 12.5. The first-order valence-corrected chi connectivity index (χ1v) is 4.35. The Morgan fingerprint density at radius 3 is 2.31 bits per heavy atom. The van der Waals surface area contributed by atoms with Crippen molar-refractivity contribution in [3.8, 4) is 23.7 Å². The Hall–Kier alpha value is -1.66. The van der Waals surface area contributed by atoms with E-state index < -0.39 is 0 Å². The highest BCUT2D eigenvalue weighted by Gasteiger charge is 1.61. The Morgan fingerprint density at radius 1 is 1.00 bits per heavy atom. The van der Waals surface area contributed by atoms with Crippen LogP contribution in [0.5, 0.6) is 0 Å². The third-order valence-corrected chi connectivity index (χ3v) is 1.12. The number of rotatable bonds is 2. The van der Waals surface area contributed by atoms with Crippen molar-refractivity contribution in [1.82, 2.24) is 0 Å². The number of hydrogen-bond donors (Lipinski definition) is 0. The van der Waals surface area contributed by atoms with E-state index in [2.05, 4.69) is 36.7 Å². The SMILES string of the molecule is C/C=C\C#CC#C/C=C/C=C/CC. The minimum Gasteiger partial charge on any atom is -0.0848 e. The molecule has 0 aliphatic heterocycles. The molecule has 0 aromatic heterocycles. The second-order valence-corrected chi connectivity index (χ2v) is 2.23. The number of allylic oxidation sites excluding steroid dienone is 6. The van der Waals surface area contributed by atoms with Crippen LogP contribution in [0.2, 0.25) is 0 Å². The fourth-order valence-electron chi connectivity index (χ4n) is 0.557. The molecule has 0 amide bonds. The second-order valence-electron chi connectivity index (χ2n) is 2.23. The molecule has 0 bridgehead atoms. The first kappa shape index (κ1) is 11.3. The maximum Gasteiger partial charge on any atom is -0.0102 e. The third kappa shape index (κ3) is 10.3. The molecule has 0 rings (SSSR count). The normalized spacial score (nSPS) is 10.0. The molecule has 0 heterocycles. The summed E-state index contributed by atoms with van der Waals surface area (Å²) < 4.78 is 0. The van der Waals surface area contributed by atoms with E-state index in [1.54, 1.807) is 12.2 Å². The summed E-state index contributed by atoms with van der Waals surface area (Å²) in [5.41, 5.74) is 0. The van der Waals surface area contributed by atoms with Gasteiger partial charge in [0.05, 0.1) is 0 Å². The second kappa shape index (κ2) is 10.3. The Bertz CT molecular complexity index is 305. The highest BCUT2D eigenvalue weighted by atomic mass is 13.7. The van der Waals surface area contributed by atoms with Crippen LogP contribution in [-0.4, -0.2) is 0 Å². The van der Waals surface area contributed by atoms with Gasteiger partial charge in [0.1, 0.15) is 0 Å². The van der Waals surface area contributed by atoms with E-state index in [0.29, 0.717) is 0 Å². The van der Waals surface area contributed by atoms with Crippen molar-refractivity contribution in [2.75, 3.05) is 0 Å². The molecule has 0 aliphatic carbocycles. The van der Waals surface area contributed by atoms with Gasteiger partial charge in [-0.05, 0) is 37.3 Å². The molecule has 0 unspecified atom stereocenters. The summed E-state index contributed by atoms with van der Waals surface area (Å²) in [7, 11) is 0. The van der Waals surface area contributed by atoms with Gasteiger partial charge in [-0.25, -0.2) is 0 Å². The molecular formula is C13H14. The fourth-order valence-corrected chi connectivity index (χ4v) is 0.557. The predicted molar refractivity (Wildman–Crippen MR) is 58.9 cm³/mol. The van der Waals surface area contributed by atoms with Crippen LogP contribution in [0.1, 0.15) is 20.3 Å². The summed E-state index contributed by atoms with van der Waals surface area (Å²) in [4.78, 5) is 0. The van der Waals surface area contributed by atoms with Crippen LogP contribution in [0.3, 0.4) is 0 Å². The van der Waals surface area contributed by atoms with Gasteiger partial charge in [0, 0.05) is 0 Å². The van der Waals surface area contributed by atoms with Crippen LogP contribution >= 0.6 is 0 Å². The Morgan fingerprint density at radius 2 is 1.69 bits per heavy atom. The van der Waals surface area contributed by atoms with E-state index in [-0.39, 0.29) is 0 Å². The molecular weight excluding hydrogens is 156 g/mol. The summed E-state index contributed by atoms with van der Waals surface area (Å²) >= 11 is 0. The van der Waals surface area contributed by atoms with Gasteiger partial charge in [0.25, 0.3) is 0 Å². The molecule has 66 valence electrons. The zero-order valence-corrected chi connectivity index (χ0v) is 8.17. The minimum atomic E-state index is 1.05. The first-order valence-electron chi connectivity index (χ1n) is 4.35. The first-order chi connectivity index (χ1) is 6.41. The van der Waals surface area contributed by atoms with E-state index in [1.165, 1.54) is 0 Å². The van der Waals surface area contributed by atoms with Crippen molar-refractivity contribution < 1.29 is 0 Å². The van der Waals surface area contributed by atoms with Crippen molar-refractivity contribution in [2.45, 2.75) is 20.3 Å². The molecule has 0 atom stereocenters. The Kier molecular flexibility index (Phi) is 9.02. The largest absolute Gasteiger partial charge is 0.0848 e. The summed E-state index contributed by atoms with van der Waals surface area (Å²) in [6, 6.07) is 0. The molecule has 0 aromatic carbocycles. The van der Waals surface area contributed by atoms with Gasteiger partial charge in [-0.2, -0.15) is 0 Å². The lowest BCUT2D eigenvalue weighted by Gasteiger charge is -1.71. The van der Waals surface area contributed by atoms with Gasteiger partial charge in [-0.15, -0.1) is 0 Å². The van der Waals surface area contributed by atoms with Gasteiger partial charge in [0.15, 0.2) is 0 Å². The van der Waals surface area contributed by atoms with Gasteiger partial charge < -0.3 is 0 Å². The molecule has 0 heteroatoms. The average Bonchev–Trinajstić information content (AvgIpc) is 2.16. The van der Waals surface area contributed by atoms with E-state index in [4.69, 9.17) is 0 Å². The molecule has 0 aromatic rings. The van der Waals surface area contributed by atoms with E-state index in [1.807, 2.05) is 25.2 Å². The van der Waals surface area contributed by atoms with Crippen LogP contribution in [0.4, 0.5) is 0 Å². The molecule has 0 N–H and O–H groups in total. The molecule has 0 saturated carbocycles. The summed E-state index contributed by atoms with van der Waals surface area (Å²) in [6.45, 7) is 4.02. The van der Waals surface area contributed by atoms with Crippen LogP contribution in [0.15, 0.2) is 36.5 Å². The Labute approximate surface area is 81.0 Å². The minimum absolute atomic E-state index is 1.05. The van der Waals surface area contributed by atoms with E-state index in [9.17, 15) is 0 Å². The van der Waals surface area contributed by atoms with Crippen molar-refractivity contribution >= 4 is 0 Å². The van der Waals surface area contributed by atoms with Crippen LogP contribution in [0.25, 0.3) is 0 Å². The molecule has 0 nitrogen and oxygen atoms in total. The van der Waals surface area contributed by atoms with Crippen molar-refractivity contribution in [3.63, 3.8) is 0 Å². The summed E-state index contributed by atoms with van der Waals surface area (Å²) in [5.74, 6) is 11.0. The quantitative estimate of drug-likeness (QED) is 0.441. The van der Waals surface area contributed by atoms with E-state index >= 15 is 0 Å². The zero-order valence-electron chi connectivity index (χ0n) is 8.17. The van der Waals surface area contributed by atoms with Gasteiger partial charge in [-0.1, -0.05) is 43.1 Å². The van der Waals surface area contributed by atoms with Crippen molar-refractivity contribution in [2.24, 2.45) is 0 Å². The number of hydrogen-bond acceptors (Lipinski definition) is 0. The zero-order chi connectivity index (χ0) is 9.78. The smallest absolute Gasteiger partial charge is 0.0102 e. The standard InChI is InChI=1S/C13H14/c1-3-5-7-9-11-13-12-10-8-6-4-2/h3,5-6,8,10,12H,4H2,1-2H3/b5-3-,8-6+,12-10+. The monoisotopic (exact) mass is 170 g/mol. The maximum absolute atomic E-state index is 2.81. The predicted octanol–water partition coefficient (Wildman–Crippen LogP) is 3.09. The lowest BCUT2D eigenvalue weighted by molar-refractivity contribution is 1.22. The molecule has 0 spiro atoms. The lowest BCUT2D eigenvalue weighted by atomic mass is 10.4. The lowest BCUT2D eigenvalue weighted by Crippen LogP contribution is -1.54. The van der Waals surface area contributed by atoms with Crippen molar-refractivity contribution in [1.29, 1.82) is 0 Å². The topological polar surface area (TPSA) is 0 Å². The van der Waals surface area contributed by atoms with Crippen LogP contribution < -0.4 is 0 Å².